The first kappa shape index (κ1) is 34.9. The van der Waals surface area contributed by atoms with Crippen LogP contribution in [0.2, 0.25) is 0 Å². The molecule has 0 amide bonds. The van der Waals surface area contributed by atoms with Crippen molar-refractivity contribution in [2.45, 2.75) is 0 Å². The third-order valence-electron chi connectivity index (χ3n) is 12.5. The Hall–Kier alpha value is -7.92. The van der Waals surface area contributed by atoms with Crippen LogP contribution in [0.4, 0.5) is 17.1 Å². The molecule has 13 rings (SSSR count). The number of thiophene rings is 1. The first-order chi connectivity index (χ1) is 30.7. The molecule has 0 atom stereocenters. The average molecular weight is 809 g/mol. The highest BCUT2D eigenvalue weighted by atomic mass is 32.1. The van der Waals surface area contributed by atoms with E-state index in [1.165, 1.54) is 69.5 Å². The Bertz CT molecular complexity index is 3860. The molecule has 0 bridgehead atoms. The summed E-state index contributed by atoms with van der Waals surface area (Å²) >= 11 is 1.87. The molecule has 0 radical (unpaired) electrons. The van der Waals surface area contributed by atoms with Crippen molar-refractivity contribution in [2.75, 3.05) is 4.90 Å². The van der Waals surface area contributed by atoms with Crippen LogP contribution in [-0.4, -0.2) is 4.57 Å². The molecule has 3 heterocycles. The Kier molecular flexibility index (Phi) is 7.78. The monoisotopic (exact) mass is 808 g/mol. The van der Waals surface area contributed by atoms with Crippen molar-refractivity contribution in [1.29, 1.82) is 0 Å². The zero-order valence-electron chi connectivity index (χ0n) is 33.5. The van der Waals surface area contributed by atoms with Gasteiger partial charge >= 0.3 is 0 Å². The van der Waals surface area contributed by atoms with E-state index in [4.69, 9.17) is 4.42 Å². The normalized spacial score (nSPS) is 11.9. The van der Waals surface area contributed by atoms with Gasteiger partial charge in [-0.2, -0.15) is 0 Å². The minimum absolute atomic E-state index is 0.865. The maximum absolute atomic E-state index is 6.57. The summed E-state index contributed by atoms with van der Waals surface area (Å²) in [6.07, 6.45) is 0. The Morgan fingerprint density at radius 3 is 1.94 bits per heavy atom. The largest absolute Gasteiger partial charge is 0.456 e. The summed E-state index contributed by atoms with van der Waals surface area (Å²) in [6.45, 7) is 0. The van der Waals surface area contributed by atoms with Crippen LogP contribution in [0.1, 0.15) is 0 Å². The lowest BCUT2D eigenvalue weighted by Crippen LogP contribution is -2.10. The fraction of sp³-hybridized carbons (Fsp3) is 0. The van der Waals surface area contributed by atoms with Crippen molar-refractivity contribution in [1.82, 2.24) is 4.57 Å². The number of rotatable bonds is 6. The molecule has 3 nitrogen and oxygen atoms in total. The van der Waals surface area contributed by atoms with Crippen LogP contribution in [0.5, 0.6) is 0 Å². The van der Waals surface area contributed by atoms with E-state index < -0.39 is 0 Å². The van der Waals surface area contributed by atoms with Crippen molar-refractivity contribution in [3.63, 3.8) is 0 Å². The smallest absolute Gasteiger partial charge is 0.137 e. The lowest BCUT2D eigenvalue weighted by atomic mass is 9.95. The van der Waals surface area contributed by atoms with Crippen LogP contribution in [0.15, 0.2) is 223 Å². The number of hydrogen-bond acceptors (Lipinski definition) is 3. The fourth-order valence-corrected chi connectivity index (χ4v) is 11.0. The zero-order chi connectivity index (χ0) is 40.7. The summed E-state index contributed by atoms with van der Waals surface area (Å²) in [6, 6.07) is 79.3. The molecule has 4 heteroatoms. The van der Waals surface area contributed by atoms with Gasteiger partial charge < -0.3 is 13.9 Å². The lowest BCUT2D eigenvalue weighted by molar-refractivity contribution is 0.669. The number of para-hydroxylation sites is 2. The van der Waals surface area contributed by atoms with Crippen LogP contribution in [0.3, 0.4) is 0 Å². The van der Waals surface area contributed by atoms with E-state index in [9.17, 15) is 0 Å². The van der Waals surface area contributed by atoms with Crippen molar-refractivity contribution in [2.24, 2.45) is 0 Å². The molecule has 0 aliphatic rings. The topological polar surface area (TPSA) is 21.3 Å². The first-order valence-electron chi connectivity index (χ1n) is 21.1. The minimum Gasteiger partial charge on any atom is -0.456 e. The SMILES string of the molecule is c1ccc(-c2cc(-c3ccccc3)c3c(c2)c2cc(N(c4ccc5c(c4)oc4ccccc45)c4cccc5sc6c7ccccc7ccc6c45)ccc2n3-c2ccccc2)cc1. The van der Waals surface area contributed by atoms with Gasteiger partial charge in [0.2, 0.25) is 0 Å². The molecule has 62 heavy (non-hydrogen) atoms. The average Bonchev–Trinajstić information content (AvgIpc) is 4.02. The molecule has 0 N–H and O–H groups in total. The number of hydrogen-bond donors (Lipinski definition) is 0. The predicted octanol–water partition coefficient (Wildman–Crippen LogP) is 17.0. The summed E-state index contributed by atoms with van der Waals surface area (Å²) in [4.78, 5) is 2.45. The van der Waals surface area contributed by atoms with Gasteiger partial charge in [-0.05, 0) is 100 Å². The predicted molar refractivity (Wildman–Crippen MR) is 264 cm³/mol. The number of nitrogens with zero attached hydrogens (tertiary/aromatic N) is 2. The van der Waals surface area contributed by atoms with E-state index in [0.29, 0.717) is 0 Å². The molecule has 0 aliphatic heterocycles. The molecular formula is C58H36N2OS. The van der Waals surface area contributed by atoms with E-state index >= 15 is 0 Å². The number of aromatic nitrogens is 1. The van der Waals surface area contributed by atoms with Gasteiger partial charge in [0.25, 0.3) is 0 Å². The van der Waals surface area contributed by atoms with Crippen LogP contribution in [0, 0.1) is 0 Å². The number of furan rings is 1. The number of fused-ring (bicyclic) bond motifs is 11. The van der Waals surface area contributed by atoms with Gasteiger partial charge in [0.05, 0.1) is 16.7 Å². The first-order valence-corrected chi connectivity index (χ1v) is 21.9. The molecule has 10 aromatic carbocycles. The maximum Gasteiger partial charge on any atom is 0.137 e. The van der Waals surface area contributed by atoms with Crippen molar-refractivity contribution < 1.29 is 4.42 Å². The highest BCUT2D eigenvalue weighted by Gasteiger charge is 2.24. The van der Waals surface area contributed by atoms with Gasteiger partial charge in [0.1, 0.15) is 11.2 Å². The summed E-state index contributed by atoms with van der Waals surface area (Å²) < 4.78 is 11.6. The van der Waals surface area contributed by atoms with E-state index in [1.807, 2.05) is 17.4 Å². The van der Waals surface area contributed by atoms with Gasteiger partial charge in [-0.3, -0.25) is 0 Å². The third kappa shape index (κ3) is 5.37. The molecule has 0 saturated heterocycles. The van der Waals surface area contributed by atoms with Gasteiger partial charge in [0, 0.05) is 70.4 Å². The summed E-state index contributed by atoms with van der Waals surface area (Å²) in [5.74, 6) is 0. The van der Waals surface area contributed by atoms with Gasteiger partial charge in [-0.1, -0.05) is 140 Å². The number of benzene rings is 10. The van der Waals surface area contributed by atoms with E-state index in [2.05, 4.69) is 222 Å². The van der Waals surface area contributed by atoms with Crippen molar-refractivity contribution >= 4 is 103 Å². The summed E-state index contributed by atoms with van der Waals surface area (Å²) in [5.41, 5.74) is 13.2. The van der Waals surface area contributed by atoms with Crippen molar-refractivity contribution in [3.05, 3.63) is 218 Å². The maximum atomic E-state index is 6.57. The molecule has 290 valence electrons. The Labute approximate surface area is 361 Å². The summed E-state index contributed by atoms with van der Waals surface area (Å²) in [5, 5.41) is 9.65. The minimum atomic E-state index is 0.865. The second-order valence-corrected chi connectivity index (χ2v) is 17.1. The molecule has 0 saturated carbocycles. The second kappa shape index (κ2) is 13.8. The third-order valence-corrected chi connectivity index (χ3v) is 13.7. The van der Waals surface area contributed by atoms with Crippen molar-refractivity contribution in [3.8, 4) is 27.9 Å². The zero-order valence-corrected chi connectivity index (χ0v) is 34.3. The molecule has 0 unspecified atom stereocenters. The molecule has 0 fully saturated rings. The molecule has 0 spiro atoms. The van der Waals surface area contributed by atoms with E-state index in [0.717, 1.165) is 50.2 Å². The van der Waals surface area contributed by atoms with Crippen LogP contribution >= 0.6 is 11.3 Å². The van der Waals surface area contributed by atoms with Gasteiger partial charge in [0.15, 0.2) is 0 Å². The highest BCUT2D eigenvalue weighted by Crippen LogP contribution is 2.49. The Morgan fingerprint density at radius 2 is 1.10 bits per heavy atom. The van der Waals surface area contributed by atoms with E-state index in [-0.39, 0.29) is 0 Å². The summed E-state index contributed by atoms with van der Waals surface area (Å²) in [7, 11) is 0. The number of anilines is 3. The highest BCUT2D eigenvalue weighted by molar-refractivity contribution is 7.26. The van der Waals surface area contributed by atoms with Crippen LogP contribution < -0.4 is 4.90 Å². The standard InChI is InChI=1S/C58H36N2OS/c1-4-15-37(16-5-1)40-33-48(38-17-6-2-7-18-38)57-50(34-40)49-35-42(29-32-51(49)60(57)41-20-8-3-9-21-41)59(43-28-31-46-45-23-12-13-25-53(45)61-54(46)36-43)52-24-14-26-55-56(52)47-30-27-39-19-10-11-22-44(39)58(47)62-55/h1-36H. The Balaban J connectivity index is 1.14. The van der Waals surface area contributed by atoms with Crippen LogP contribution in [0.25, 0.3) is 103 Å². The second-order valence-electron chi connectivity index (χ2n) is 16.1. The molecule has 0 aliphatic carbocycles. The van der Waals surface area contributed by atoms with Gasteiger partial charge in [-0.25, -0.2) is 0 Å². The quantitative estimate of drug-likeness (QED) is 0.167. The van der Waals surface area contributed by atoms with Gasteiger partial charge in [-0.15, -0.1) is 11.3 Å². The van der Waals surface area contributed by atoms with E-state index in [1.54, 1.807) is 0 Å². The Morgan fingerprint density at radius 1 is 0.419 bits per heavy atom. The lowest BCUT2D eigenvalue weighted by Gasteiger charge is -2.26. The molecular weight excluding hydrogens is 773 g/mol. The van der Waals surface area contributed by atoms with Crippen LogP contribution in [-0.2, 0) is 0 Å². The fourth-order valence-electron chi connectivity index (χ4n) is 9.76. The molecule has 3 aromatic heterocycles. The molecule has 13 aromatic rings.